The fourth-order valence-electron chi connectivity index (χ4n) is 2.41. The quantitative estimate of drug-likeness (QED) is 0.677. The second-order valence-corrected chi connectivity index (χ2v) is 4.92. The highest BCUT2D eigenvalue weighted by molar-refractivity contribution is 5.94. The van der Waals surface area contributed by atoms with E-state index in [9.17, 15) is 9.59 Å². The number of aromatic nitrogens is 2. The molecule has 0 radical (unpaired) electrons. The maximum absolute atomic E-state index is 12.7. The van der Waals surface area contributed by atoms with Gasteiger partial charge in [-0.25, -0.2) is 4.98 Å². The van der Waals surface area contributed by atoms with Crippen LogP contribution < -0.4 is 5.56 Å². The molecule has 21 heavy (non-hydrogen) atoms. The molecule has 1 heterocycles. The molecule has 0 spiro atoms. The number of rotatable bonds is 2. The number of fused-ring (bicyclic) bond motifs is 1. The van der Waals surface area contributed by atoms with E-state index in [0.29, 0.717) is 28.0 Å². The summed E-state index contributed by atoms with van der Waals surface area (Å²) in [6, 6.07) is 14.3. The number of carbonyl (C=O) groups is 1. The molecule has 0 saturated heterocycles. The normalized spacial score (nSPS) is 10.8. The fraction of sp³-hybridized carbons (Fsp3) is 0.118. The topological polar surface area (TPSA) is 52.0 Å². The van der Waals surface area contributed by atoms with Gasteiger partial charge in [-0.15, -0.1) is 0 Å². The standard InChI is InChI=1S/C17H14N2O2/c1-11(20)13-6-5-7-14(10-13)19-12(2)18-16-9-4-3-8-15(16)17(19)21/h3-10H,1-2H3. The van der Waals surface area contributed by atoms with E-state index in [1.165, 1.54) is 11.5 Å². The van der Waals surface area contributed by atoms with E-state index in [0.717, 1.165) is 0 Å². The minimum Gasteiger partial charge on any atom is -0.295 e. The van der Waals surface area contributed by atoms with Crippen LogP contribution in [0.3, 0.4) is 0 Å². The van der Waals surface area contributed by atoms with Gasteiger partial charge >= 0.3 is 0 Å². The number of hydrogen-bond acceptors (Lipinski definition) is 3. The number of hydrogen-bond donors (Lipinski definition) is 0. The highest BCUT2D eigenvalue weighted by atomic mass is 16.1. The summed E-state index contributed by atoms with van der Waals surface area (Å²) in [5.41, 5.74) is 1.79. The van der Waals surface area contributed by atoms with Crippen molar-refractivity contribution in [3.8, 4) is 5.69 Å². The molecular weight excluding hydrogens is 264 g/mol. The molecule has 0 aliphatic heterocycles. The van der Waals surface area contributed by atoms with Gasteiger partial charge in [-0.05, 0) is 38.1 Å². The Kier molecular flexibility index (Phi) is 3.14. The van der Waals surface area contributed by atoms with Crippen molar-refractivity contribution >= 4 is 16.7 Å². The van der Waals surface area contributed by atoms with Gasteiger partial charge in [-0.3, -0.25) is 14.2 Å². The summed E-state index contributed by atoms with van der Waals surface area (Å²) in [4.78, 5) is 28.6. The van der Waals surface area contributed by atoms with Crippen molar-refractivity contribution in [1.29, 1.82) is 0 Å². The molecule has 2 aromatic carbocycles. The van der Waals surface area contributed by atoms with Gasteiger partial charge in [0.25, 0.3) is 5.56 Å². The highest BCUT2D eigenvalue weighted by Crippen LogP contribution is 2.14. The molecule has 1 aromatic heterocycles. The van der Waals surface area contributed by atoms with E-state index >= 15 is 0 Å². The third kappa shape index (κ3) is 2.25. The average molecular weight is 278 g/mol. The smallest absolute Gasteiger partial charge is 0.265 e. The minimum absolute atomic E-state index is 0.0312. The van der Waals surface area contributed by atoms with Crippen LogP contribution in [0.2, 0.25) is 0 Å². The van der Waals surface area contributed by atoms with E-state index in [4.69, 9.17) is 0 Å². The zero-order chi connectivity index (χ0) is 15.0. The molecule has 0 unspecified atom stereocenters. The molecule has 4 nitrogen and oxygen atoms in total. The maximum atomic E-state index is 12.7. The van der Waals surface area contributed by atoms with Crippen LogP contribution in [0, 0.1) is 6.92 Å². The van der Waals surface area contributed by atoms with Crippen LogP contribution in [0.4, 0.5) is 0 Å². The van der Waals surface area contributed by atoms with Crippen LogP contribution in [0.15, 0.2) is 53.3 Å². The second kappa shape index (κ2) is 4.98. The first-order chi connectivity index (χ1) is 10.1. The number of nitrogens with zero attached hydrogens (tertiary/aromatic N) is 2. The Morgan fingerprint density at radius 2 is 1.86 bits per heavy atom. The number of Topliss-reactive ketones (excluding diaryl/α,β-unsaturated/α-hetero) is 1. The zero-order valence-electron chi connectivity index (χ0n) is 11.8. The van der Waals surface area contributed by atoms with E-state index < -0.39 is 0 Å². The van der Waals surface area contributed by atoms with Gasteiger partial charge in [0.05, 0.1) is 16.6 Å². The van der Waals surface area contributed by atoms with Crippen LogP contribution in [0.1, 0.15) is 23.1 Å². The lowest BCUT2D eigenvalue weighted by atomic mass is 10.1. The number of ketones is 1. The molecule has 3 aromatic rings. The molecule has 0 amide bonds. The molecule has 0 fully saturated rings. The first kappa shape index (κ1) is 13.2. The predicted molar refractivity (Wildman–Crippen MR) is 82.1 cm³/mol. The number of aryl methyl sites for hydroxylation is 1. The van der Waals surface area contributed by atoms with Gasteiger partial charge in [-0.1, -0.05) is 24.3 Å². The minimum atomic E-state index is -0.126. The van der Waals surface area contributed by atoms with Crippen LogP contribution in [-0.4, -0.2) is 15.3 Å². The number of carbonyl (C=O) groups excluding carboxylic acids is 1. The summed E-state index contributed by atoms with van der Waals surface area (Å²) in [6.45, 7) is 3.29. The monoisotopic (exact) mass is 278 g/mol. The van der Waals surface area contributed by atoms with Crippen molar-refractivity contribution in [2.45, 2.75) is 13.8 Å². The van der Waals surface area contributed by atoms with Gasteiger partial charge in [0.1, 0.15) is 5.82 Å². The molecule has 0 atom stereocenters. The SMILES string of the molecule is CC(=O)c1cccc(-n2c(C)nc3ccccc3c2=O)c1. The summed E-state index contributed by atoms with van der Waals surface area (Å²) in [5.74, 6) is 0.565. The van der Waals surface area contributed by atoms with Crippen molar-refractivity contribution in [2.24, 2.45) is 0 Å². The summed E-state index contributed by atoms with van der Waals surface area (Å²) in [7, 11) is 0. The van der Waals surface area contributed by atoms with Crippen molar-refractivity contribution in [3.05, 3.63) is 70.3 Å². The Hall–Kier alpha value is -2.75. The van der Waals surface area contributed by atoms with Crippen molar-refractivity contribution in [2.75, 3.05) is 0 Å². The molecule has 0 aliphatic carbocycles. The largest absolute Gasteiger partial charge is 0.295 e. The lowest BCUT2D eigenvalue weighted by molar-refractivity contribution is 0.101. The van der Waals surface area contributed by atoms with Crippen LogP contribution in [0.5, 0.6) is 0 Å². The third-order valence-electron chi connectivity index (χ3n) is 3.45. The van der Waals surface area contributed by atoms with Crippen molar-refractivity contribution < 1.29 is 4.79 Å². The van der Waals surface area contributed by atoms with Gasteiger partial charge in [0.15, 0.2) is 5.78 Å². The van der Waals surface area contributed by atoms with Gasteiger partial charge in [0.2, 0.25) is 0 Å². The predicted octanol–water partition coefficient (Wildman–Crippen LogP) is 2.90. The lowest BCUT2D eigenvalue weighted by Gasteiger charge is -2.11. The maximum Gasteiger partial charge on any atom is 0.265 e. The number of benzene rings is 2. The highest BCUT2D eigenvalue weighted by Gasteiger charge is 2.10. The molecular formula is C17H14N2O2. The molecule has 0 bridgehead atoms. The molecule has 104 valence electrons. The Bertz CT molecular complexity index is 910. The molecule has 3 rings (SSSR count). The van der Waals surface area contributed by atoms with Gasteiger partial charge in [-0.2, -0.15) is 0 Å². The third-order valence-corrected chi connectivity index (χ3v) is 3.45. The molecule has 0 aliphatic rings. The second-order valence-electron chi connectivity index (χ2n) is 4.92. The van der Waals surface area contributed by atoms with E-state index in [-0.39, 0.29) is 11.3 Å². The summed E-state index contributed by atoms with van der Waals surface area (Å²) in [5, 5.41) is 0.566. The number of para-hydroxylation sites is 1. The Morgan fingerprint density at radius 3 is 2.62 bits per heavy atom. The molecule has 0 saturated carbocycles. The summed E-state index contributed by atoms with van der Waals surface area (Å²) < 4.78 is 1.54. The van der Waals surface area contributed by atoms with E-state index in [1.54, 1.807) is 37.3 Å². The van der Waals surface area contributed by atoms with E-state index in [2.05, 4.69) is 4.98 Å². The molecule has 4 heteroatoms. The van der Waals surface area contributed by atoms with Crippen molar-refractivity contribution in [3.63, 3.8) is 0 Å². The molecule has 0 N–H and O–H groups in total. The first-order valence-electron chi connectivity index (χ1n) is 6.67. The lowest BCUT2D eigenvalue weighted by Crippen LogP contribution is -2.22. The van der Waals surface area contributed by atoms with Crippen LogP contribution in [0.25, 0.3) is 16.6 Å². The van der Waals surface area contributed by atoms with E-state index in [1.807, 2.05) is 18.2 Å². The Balaban J connectivity index is 2.32. The van der Waals surface area contributed by atoms with Gasteiger partial charge < -0.3 is 0 Å². The van der Waals surface area contributed by atoms with Crippen molar-refractivity contribution in [1.82, 2.24) is 9.55 Å². The van der Waals surface area contributed by atoms with Crippen LogP contribution >= 0.6 is 0 Å². The Labute approximate surface area is 121 Å². The fourth-order valence-corrected chi connectivity index (χ4v) is 2.41. The first-order valence-corrected chi connectivity index (χ1v) is 6.67. The Morgan fingerprint density at radius 1 is 1.10 bits per heavy atom. The van der Waals surface area contributed by atoms with Crippen LogP contribution in [-0.2, 0) is 0 Å². The summed E-state index contributed by atoms with van der Waals surface area (Å²) in [6.07, 6.45) is 0. The van der Waals surface area contributed by atoms with Gasteiger partial charge in [0, 0.05) is 5.56 Å². The summed E-state index contributed by atoms with van der Waals surface area (Å²) >= 11 is 0. The zero-order valence-corrected chi connectivity index (χ0v) is 11.8. The average Bonchev–Trinajstić information content (AvgIpc) is 2.47.